The summed E-state index contributed by atoms with van der Waals surface area (Å²) in [5.41, 5.74) is 4.56. The molecule has 2 fully saturated rings. The number of carbonyl (C=O) groups is 1. The Hall–Kier alpha value is -2.34. The normalized spacial score (nSPS) is 18.2. The Balaban J connectivity index is 1.41. The molecule has 2 aliphatic rings. The molecule has 0 unspecified atom stereocenters. The van der Waals surface area contributed by atoms with Crippen molar-refractivity contribution in [3.63, 3.8) is 0 Å². The van der Waals surface area contributed by atoms with E-state index in [2.05, 4.69) is 41.1 Å². The van der Waals surface area contributed by atoms with Crippen LogP contribution < -0.4 is 10.2 Å². The van der Waals surface area contributed by atoms with Crippen LogP contribution in [0.15, 0.2) is 30.3 Å². The topological polar surface area (TPSA) is 53.4 Å². The van der Waals surface area contributed by atoms with Gasteiger partial charge in [0.1, 0.15) is 0 Å². The lowest BCUT2D eigenvalue weighted by molar-refractivity contribution is -0.122. The van der Waals surface area contributed by atoms with E-state index >= 15 is 0 Å². The first-order valence-corrected chi connectivity index (χ1v) is 9.50. The molecule has 0 radical (unpaired) electrons. The largest absolute Gasteiger partial charge is 0.366 e. The molecule has 2 heterocycles. The summed E-state index contributed by atoms with van der Waals surface area (Å²) < 4.78 is 2.03. The SMILES string of the molecule is Cc1nn(-c2ccccc2)c(C)c1N1CCN(CC(=O)NC2CC2)CC1. The van der Waals surface area contributed by atoms with Crippen LogP contribution in [0, 0.1) is 13.8 Å². The van der Waals surface area contributed by atoms with Crippen molar-refractivity contribution in [3.05, 3.63) is 41.7 Å². The second kappa shape index (κ2) is 7.11. The fourth-order valence-electron chi connectivity index (χ4n) is 3.75. The van der Waals surface area contributed by atoms with Crippen LogP contribution in [0.3, 0.4) is 0 Å². The molecule has 1 N–H and O–H groups in total. The average molecular weight is 353 g/mol. The van der Waals surface area contributed by atoms with Gasteiger partial charge in [-0.15, -0.1) is 0 Å². The van der Waals surface area contributed by atoms with Crippen LogP contribution in [-0.2, 0) is 4.79 Å². The number of benzene rings is 1. The van der Waals surface area contributed by atoms with E-state index in [1.54, 1.807) is 0 Å². The third-order valence-electron chi connectivity index (χ3n) is 5.25. The molecule has 6 heteroatoms. The van der Waals surface area contributed by atoms with Crippen molar-refractivity contribution >= 4 is 11.6 Å². The minimum absolute atomic E-state index is 0.171. The lowest BCUT2D eigenvalue weighted by atomic mass is 10.2. The Labute approximate surface area is 154 Å². The molecule has 0 spiro atoms. The molecule has 1 aromatic heterocycles. The van der Waals surface area contributed by atoms with Crippen LogP contribution in [0.25, 0.3) is 5.69 Å². The Bertz CT molecular complexity index is 773. The maximum Gasteiger partial charge on any atom is 0.234 e. The summed E-state index contributed by atoms with van der Waals surface area (Å²) in [7, 11) is 0. The standard InChI is InChI=1S/C20H27N5O/c1-15-20(16(2)25(22-15)18-6-4-3-5-7-18)24-12-10-23(11-13-24)14-19(26)21-17-8-9-17/h3-7,17H,8-14H2,1-2H3,(H,21,26). The lowest BCUT2D eigenvalue weighted by Crippen LogP contribution is -2.50. The van der Waals surface area contributed by atoms with Gasteiger partial charge in [0, 0.05) is 32.2 Å². The number of hydrogen-bond donors (Lipinski definition) is 1. The van der Waals surface area contributed by atoms with Gasteiger partial charge in [-0.2, -0.15) is 5.10 Å². The molecule has 1 saturated carbocycles. The molecule has 138 valence electrons. The molecule has 2 aromatic rings. The van der Waals surface area contributed by atoms with Gasteiger partial charge in [-0.25, -0.2) is 4.68 Å². The number of nitrogens with zero attached hydrogens (tertiary/aromatic N) is 4. The predicted octanol–water partition coefficient (Wildman–Crippen LogP) is 1.89. The predicted molar refractivity (Wildman–Crippen MR) is 103 cm³/mol. The molecule has 4 rings (SSSR count). The minimum Gasteiger partial charge on any atom is -0.366 e. The first kappa shape index (κ1) is 17.1. The maximum absolute atomic E-state index is 12.0. The molecule has 0 bridgehead atoms. The lowest BCUT2D eigenvalue weighted by Gasteiger charge is -2.35. The van der Waals surface area contributed by atoms with Gasteiger partial charge < -0.3 is 10.2 Å². The number of hydrogen-bond acceptors (Lipinski definition) is 4. The van der Waals surface area contributed by atoms with E-state index < -0.39 is 0 Å². The van der Waals surface area contributed by atoms with E-state index in [4.69, 9.17) is 5.10 Å². The summed E-state index contributed by atoms with van der Waals surface area (Å²) in [5.74, 6) is 0.171. The first-order valence-electron chi connectivity index (χ1n) is 9.50. The van der Waals surface area contributed by atoms with Crippen molar-refractivity contribution in [2.24, 2.45) is 0 Å². The maximum atomic E-state index is 12.0. The van der Waals surface area contributed by atoms with Crippen molar-refractivity contribution in [2.75, 3.05) is 37.6 Å². The molecule has 1 saturated heterocycles. The summed E-state index contributed by atoms with van der Waals surface area (Å²) >= 11 is 0. The van der Waals surface area contributed by atoms with E-state index in [1.165, 1.54) is 11.4 Å². The van der Waals surface area contributed by atoms with Crippen LogP contribution >= 0.6 is 0 Å². The van der Waals surface area contributed by atoms with Crippen molar-refractivity contribution in [3.8, 4) is 5.69 Å². The van der Waals surface area contributed by atoms with Gasteiger partial charge in [0.2, 0.25) is 5.91 Å². The fraction of sp³-hybridized carbons (Fsp3) is 0.500. The monoisotopic (exact) mass is 353 g/mol. The number of rotatable bonds is 5. The number of anilines is 1. The summed E-state index contributed by atoms with van der Waals surface area (Å²) in [4.78, 5) is 16.7. The molecule has 6 nitrogen and oxygen atoms in total. The number of piperazine rings is 1. The second-order valence-electron chi connectivity index (χ2n) is 7.37. The zero-order valence-corrected chi connectivity index (χ0v) is 15.6. The van der Waals surface area contributed by atoms with Crippen LogP contribution in [0.4, 0.5) is 5.69 Å². The van der Waals surface area contributed by atoms with Crippen LogP contribution in [0.1, 0.15) is 24.2 Å². The van der Waals surface area contributed by atoms with Gasteiger partial charge in [-0.3, -0.25) is 9.69 Å². The van der Waals surface area contributed by atoms with Gasteiger partial charge in [0.15, 0.2) is 0 Å². The fourth-order valence-corrected chi connectivity index (χ4v) is 3.75. The molecule has 26 heavy (non-hydrogen) atoms. The Morgan fingerprint density at radius 2 is 1.81 bits per heavy atom. The summed E-state index contributed by atoms with van der Waals surface area (Å²) in [6.45, 7) is 8.42. The molecular weight excluding hydrogens is 326 g/mol. The highest BCUT2D eigenvalue weighted by Crippen LogP contribution is 2.27. The Morgan fingerprint density at radius 3 is 2.46 bits per heavy atom. The van der Waals surface area contributed by atoms with E-state index in [1.807, 2.05) is 22.9 Å². The zero-order chi connectivity index (χ0) is 18.1. The highest BCUT2D eigenvalue weighted by atomic mass is 16.2. The molecule has 1 amide bonds. The van der Waals surface area contributed by atoms with Gasteiger partial charge >= 0.3 is 0 Å². The molecule has 0 atom stereocenters. The van der Waals surface area contributed by atoms with Crippen molar-refractivity contribution in [1.82, 2.24) is 20.0 Å². The third kappa shape index (κ3) is 3.60. The van der Waals surface area contributed by atoms with Gasteiger partial charge in [-0.05, 0) is 38.8 Å². The van der Waals surface area contributed by atoms with Crippen LogP contribution in [-0.4, -0.2) is 59.4 Å². The summed E-state index contributed by atoms with van der Waals surface area (Å²) in [6, 6.07) is 10.7. The number of aryl methyl sites for hydroxylation is 1. The highest BCUT2D eigenvalue weighted by Gasteiger charge is 2.27. The molecule has 1 aliphatic carbocycles. The van der Waals surface area contributed by atoms with Crippen molar-refractivity contribution in [2.45, 2.75) is 32.7 Å². The second-order valence-corrected chi connectivity index (χ2v) is 7.37. The van der Waals surface area contributed by atoms with Crippen molar-refractivity contribution in [1.29, 1.82) is 0 Å². The Kier molecular flexibility index (Phi) is 4.68. The molecule has 1 aliphatic heterocycles. The number of amides is 1. The van der Waals surface area contributed by atoms with Gasteiger partial charge in [0.25, 0.3) is 0 Å². The van der Waals surface area contributed by atoms with Crippen LogP contribution in [0.5, 0.6) is 0 Å². The average Bonchev–Trinajstić information content (AvgIpc) is 3.40. The number of para-hydroxylation sites is 1. The smallest absolute Gasteiger partial charge is 0.234 e. The summed E-state index contributed by atoms with van der Waals surface area (Å²) in [5, 5.41) is 7.84. The van der Waals surface area contributed by atoms with E-state index in [9.17, 15) is 4.79 Å². The number of nitrogens with one attached hydrogen (secondary N) is 1. The summed E-state index contributed by atoms with van der Waals surface area (Å²) in [6.07, 6.45) is 2.28. The van der Waals surface area contributed by atoms with Crippen LogP contribution in [0.2, 0.25) is 0 Å². The van der Waals surface area contributed by atoms with Crippen molar-refractivity contribution < 1.29 is 4.79 Å². The highest BCUT2D eigenvalue weighted by molar-refractivity contribution is 5.78. The van der Waals surface area contributed by atoms with E-state index in [0.717, 1.165) is 50.4 Å². The molecule has 1 aromatic carbocycles. The Morgan fingerprint density at radius 1 is 1.12 bits per heavy atom. The zero-order valence-electron chi connectivity index (χ0n) is 15.6. The number of carbonyl (C=O) groups excluding carboxylic acids is 1. The van der Waals surface area contributed by atoms with Gasteiger partial charge in [0.05, 0.1) is 29.3 Å². The number of aromatic nitrogens is 2. The third-order valence-corrected chi connectivity index (χ3v) is 5.25. The molecular formula is C20H27N5O. The van der Waals surface area contributed by atoms with Gasteiger partial charge in [-0.1, -0.05) is 18.2 Å². The quantitative estimate of drug-likeness (QED) is 0.892. The van der Waals surface area contributed by atoms with E-state index in [-0.39, 0.29) is 5.91 Å². The minimum atomic E-state index is 0.171. The first-order chi connectivity index (χ1) is 12.6. The van der Waals surface area contributed by atoms with E-state index in [0.29, 0.717) is 12.6 Å².